The van der Waals surface area contributed by atoms with Crippen molar-refractivity contribution in [3.8, 4) is 11.6 Å². The molecule has 0 saturated carbocycles. The van der Waals surface area contributed by atoms with Gasteiger partial charge in [-0.05, 0) is 42.5 Å². The van der Waals surface area contributed by atoms with E-state index in [2.05, 4.69) is 36.5 Å². The number of nitrogens with one attached hydrogen (secondary N) is 2. The van der Waals surface area contributed by atoms with Crippen molar-refractivity contribution >= 4 is 55.5 Å². The van der Waals surface area contributed by atoms with Gasteiger partial charge in [0.1, 0.15) is 5.75 Å². The number of thiocarbonyl (C=S) groups is 1. The van der Waals surface area contributed by atoms with Crippen LogP contribution in [-0.4, -0.2) is 20.3 Å². The van der Waals surface area contributed by atoms with E-state index < -0.39 is 0 Å². The molecule has 0 unspecified atom stereocenters. The summed E-state index contributed by atoms with van der Waals surface area (Å²) in [4.78, 5) is 2.82. The number of H-pyrrole nitrogens is 1. The standard InChI is InChI=1S/C15H11BrN4O2S/c16-8-4-5-12-11(6-8)13(14(22)18-12)19-20-15(23)17-9-2-1-3-10(21)7-9/h1-7,18,21-22H,(H,17,23). The van der Waals surface area contributed by atoms with Crippen molar-refractivity contribution in [2.24, 2.45) is 10.2 Å². The first-order valence-corrected chi connectivity index (χ1v) is 7.75. The van der Waals surface area contributed by atoms with Crippen LogP contribution in [0.2, 0.25) is 0 Å². The average molecular weight is 391 g/mol. The third-order valence-corrected chi connectivity index (χ3v) is 3.73. The predicted octanol–water partition coefficient (Wildman–Crippen LogP) is 4.82. The van der Waals surface area contributed by atoms with E-state index in [1.54, 1.807) is 18.2 Å². The number of azo groups is 1. The molecule has 0 aliphatic rings. The van der Waals surface area contributed by atoms with E-state index in [1.807, 2.05) is 18.2 Å². The number of hydrogen-bond donors (Lipinski definition) is 4. The number of benzene rings is 2. The maximum atomic E-state index is 9.94. The first-order valence-electron chi connectivity index (χ1n) is 6.55. The molecule has 0 atom stereocenters. The quantitative estimate of drug-likeness (QED) is 0.372. The molecule has 3 aromatic rings. The Bertz CT molecular complexity index is 923. The Balaban J connectivity index is 1.83. The minimum Gasteiger partial charge on any atom is -0.508 e. The number of anilines is 1. The molecule has 4 N–H and O–H groups in total. The summed E-state index contributed by atoms with van der Waals surface area (Å²) < 4.78 is 0.862. The number of hydrogen-bond acceptors (Lipinski definition) is 4. The lowest BCUT2D eigenvalue weighted by atomic mass is 10.2. The highest BCUT2D eigenvalue weighted by atomic mass is 79.9. The largest absolute Gasteiger partial charge is 0.508 e. The zero-order valence-electron chi connectivity index (χ0n) is 11.6. The van der Waals surface area contributed by atoms with Gasteiger partial charge in [-0.1, -0.05) is 22.0 Å². The second kappa shape index (κ2) is 6.35. The number of aromatic nitrogens is 1. The summed E-state index contributed by atoms with van der Waals surface area (Å²) in [5.41, 5.74) is 1.65. The van der Waals surface area contributed by atoms with Gasteiger partial charge in [-0.2, -0.15) is 0 Å². The van der Waals surface area contributed by atoms with Gasteiger partial charge < -0.3 is 20.5 Å². The Kier molecular flexibility index (Phi) is 4.26. The number of rotatable bonds is 2. The summed E-state index contributed by atoms with van der Waals surface area (Å²) in [5.74, 6) is 0.0378. The highest BCUT2D eigenvalue weighted by Gasteiger charge is 2.11. The van der Waals surface area contributed by atoms with Crippen LogP contribution in [0.5, 0.6) is 11.6 Å². The van der Waals surface area contributed by atoms with E-state index in [9.17, 15) is 10.2 Å². The van der Waals surface area contributed by atoms with Crippen molar-refractivity contribution in [1.82, 2.24) is 4.98 Å². The van der Waals surface area contributed by atoms with E-state index in [0.717, 1.165) is 15.4 Å². The molecule has 6 nitrogen and oxygen atoms in total. The fraction of sp³-hybridized carbons (Fsp3) is 0. The molecule has 0 aliphatic carbocycles. The van der Waals surface area contributed by atoms with Crippen LogP contribution in [0.15, 0.2) is 57.2 Å². The number of fused-ring (bicyclic) bond motifs is 1. The lowest BCUT2D eigenvalue weighted by Crippen LogP contribution is -2.04. The van der Waals surface area contributed by atoms with Gasteiger partial charge in [-0.3, -0.25) is 0 Å². The molecule has 3 rings (SSSR count). The van der Waals surface area contributed by atoms with Crippen LogP contribution in [0.4, 0.5) is 11.4 Å². The molecular weight excluding hydrogens is 380 g/mol. The molecule has 1 aromatic heterocycles. The molecule has 0 fully saturated rings. The van der Waals surface area contributed by atoms with E-state index in [1.165, 1.54) is 6.07 Å². The van der Waals surface area contributed by atoms with Crippen molar-refractivity contribution in [2.75, 3.05) is 5.32 Å². The van der Waals surface area contributed by atoms with Gasteiger partial charge in [0.05, 0.1) is 5.52 Å². The van der Waals surface area contributed by atoms with E-state index in [0.29, 0.717) is 11.4 Å². The highest BCUT2D eigenvalue weighted by molar-refractivity contribution is 9.10. The van der Waals surface area contributed by atoms with Gasteiger partial charge in [0.15, 0.2) is 5.69 Å². The fourth-order valence-corrected chi connectivity index (χ4v) is 2.58. The van der Waals surface area contributed by atoms with Gasteiger partial charge >= 0.3 is 0 Å². The first kappa shape index (κ1) is 15.4. The van der Waals surface area contributed by atoms with Crippen molar-refractivity contribution in [1.29, 1.82) is 0 Å². The minimum atomic E-state index is -0.0815. The van der Waals surface area contributed by atoms with Crippen LogP contribution >= 0.6 is 28.1 Å². The number of aromatic hydroxyl groups is 2. The van der Waals surface area contributed by atoms with Crippen LogP contribution in [0.25, 0.3) is 10.9 Å². The van der Waals surface area contributed by atoms with E-state index in [4.69, 9.17) is 12.2 Å². The lowest BCUT2D eigenvalue weighted by Gasteiger charge is -2.02. The Morgan fingerprint density at radius 1 is 1.17 bits per heavy atom. The smallest absolute Gasteiger partial charge is 0.218 e. The molecular formula is C15H11BrN4O2S. The lowest BCUT2D eigenvalue weighted by molar-refractivity contribution is 0.459. The number of phenols is 1. The molecule has 1 heterocycles. The fourth-order valence-electron chi connectivity index (χ4n) is 2.06. The third-order valence-electron chi connectivity index (χ3n) is 3.05. The molecule has 0 saturated heterocycles. The number of phenolic OH excluding ortho intramolecular Hbond substituents is 1. The van der Waals surface area contributed by atoms with Gasteiger partial charge in [0, 0.05) is 21.6 Å². The molecule has 0 bridgehead atoms. The van der Waals surface area contributed by atoms with Crippen molar-refractivity contribution in [3.63, 3.8) is 0 Å². The molecule has 0 aliphatic heterocycles. The van der Waals surface area contributed by atoms with E-state index >= 15 is 0 Å². The topological polar surface area (TPSA) is 93.0 Å². The maximum Gasteiger partial charge on any atom is 0.218 e. The zero-order valence-corrected chi connectivity index (χ0v) is 14.0. The Labute approximate surface area is 145 Å². The van der Waals surface area contributed by atoms with Crippen molar-refractivity contribution in [2.45, 2.75) is 0 Å². The second-order valence-corrected chi connectivity index (χ2v) is 5.99. The zero-order chi connectivity index (χ0) is 16.4. The Morgan fingerprint density at radius 2 is 2.00 bits per heavy atom. The number of halogens is 1. The van der Waals surface area contributed by atoms with Crippen molar-refractivity contribution in [3.05, 3.63) is 46.9 Å². The average Bonchev–Trinajstić information content (AvgIpc) is 2.80. The highest BCUT2D eigenvalue weighted by Crippen LogP contribution is 2.36. The Morgan fingerprint density at radius 3 is 2.78 bits per heavy atom. The summed E-state index contributed by atoms with van der Waals surface area (Å²) >= 11 is 8.47. The molecule has 23 heavy (non-hydrogen) atoms. The summed E-state index contributed by atoms with van der Waals surface area (Å²) in [6.45, 7) is 0. The summed E-state index contributed by atoms with van der Waals surface area (Å²) in [5, 5.41) is 30.9. The van der Waals surface area contributed by atoms with Crippen LogP contribution in [0, 0.1) is 0 Å². The minimum absolute atomic E-state index is 0.0815. The molecule has 8 heteroatoms. The SMILES string of the molecule is Oc1cccc(NC(=S)N=Nc2c(O)[nH]c3ccc(Br)cc23)c1. The molecule has 116 valence electrons. The van der Waals surface area contributed by atoms with Crippen LogP contribution in [0.3, 0.4) is 0 Å². The van der Waals surface area contributed by atoms with E-state index in [-0.39, 0.29) is 16.7 Å². The van der Waals surface area contributed by atoms with Gasteiger partial charge in [-0.25, -0.2) is 0 Å². The molecule has 0 radical (unpaired) electrons. The summed E-state index contributed by atoms with van der Waals surface area (Å²) in [6.07, 6.45) is 0. The summed E-state index contributed by atoms with van der Waals surface area (Å²) in [6, 6.07) is 12.0. The van der Waals surface area contributed by atoms with Crippen molar-refractivity contribution < 1.29 is 10.2 Å². The monoisotopic (exact) mass is 390 g/mol. The maximum absolute atomic E-state index is 9.94. The van der Waals surface area contributed by atoms with Gasteiger partial charge in [0.2, 0.25) is 11.0 Å². The molecule has 0 spiro atoms. The number of nitrogens with zero attached hydrogens (tertiary/aromatic N) is 2. The van der Waals surface area contributed by atoms with Crippen LogP contribution < -0.4 is 5.32 Å². The first-order chi connectivity index (χ1) is 11.0. The Hall–Kier alpha value is -2.45. The second-order valence-electron chi connectivity index (χ2n) is 4.69. The van der Waals surface area contributed by atoms with Gasteiger partial charge in [-0.15, -0.1) is 10.2 Å². The predicted molar refractivity (Wildman–Crippen MR) is 96.5 cm³/mol. The van der Waals surface area contributed by atoms with Crippen LogP contribution in [0.1, 0.15) is 0 Å². The van der Waals surface area contributed by atoms with Crippen LogP contribution in [-0.2, 0) is 0 Å². The van der Waals surface area contributed by atoms with Gasteiger partial charge in [0.25, 0.3) is 0 Å². The molecule has 2 aromatic carbocycles. The summed E-state index contributed by atoms with van der Waals surface area (Å²) in [7, 11) is 0. The molecule has 0 amide bonds. The normalized spacial score (nSPS) is 11.2. The number of aromatic amines is 1. The third kappa shape index (κ3) is 3.49.